The van der Waals surface area contributed by atoms with Crippen molar-refractivity contribution in [2.75, 3.05) is 26.7 Å². The van der Waals surface area contributed by atoms with Crippen LogP contribution in [0.2, 0.25) is 0 Å². The second kappa shape index (κ2) is 9.26. The van der Waals surface area contributed by atoms with Crippen LogP contribution in [0.1, 0.15) is 40.3 Å². The Hall–Kier alpha value is -3.61. The van der Waals surface area contributed by atoms with Crippen LogP contribution in [0.4, 0.5) is 0 Å². The van der Waals surface area contributed by atoms with Crippen molar-refractivity contribution >= 4 is 11.8 Å². The number of nitrogens with zero attached hydrogens (tertiary/aromatic N) is 4. The number of hydrogen-bond donors (Lipinski definition) is 0. The molecule has 3 aromatic rings. The summed E-state index contributed by atoms with van der Waals surface area (Å²) in [6, 6.07) is 15.1. The molecule has 2 amide bonds. The number of carbonyl (C=O) groups is 2. The van der Waals surface area contributed by atoms with Gasteiger partial charge in [-0.25, -0.2) is 4.98 Å². The van der Waals surface area contributed by atoms with Crippen molar-refractivity contribution < 1.29 is 14.3 Å². The van der Waals surface area contributed by atoms with Crippen LogP contribution in [0, 0.1) is 6.92 Å². The van der Waals surface area contributed by atoms with E-state index in [0.717, 1.165) is 17.0 Å². The lowest BCUT2D eigenvalue weighted by atomic mass is 9.98. The van der Waals surface area contributed by atoms with Gasteiger partial charge < -0.3 is 19.1 Å². The Bertz CT molecular complexity index is 1120. The number of rotatable bonds is 5. The van der Waals surface area contributed by atoms with Crippen LogP contribution in [0.25, 0.3) is 0 Å². The summed E-state index contributed by atoms with van der Waals surface area (Å²) >= 11 is 0. The molecule has 166 valence electrons. The molecule has 0 saturated carbocycles. The molecule has 32 heavy (non-hydrogen) atoms. The smallest absolute Gasteiger partial charge is 0.254 e. The Labute approximate surface area is 188 Å². The summed E-state index contributed by atoms with van der Waals surface area (Å²) in [6.45, 7) is 5.49. The molecule has 7 heteroatoms. The van der Waals surface area contributed by atoms with Crippen LogP contribution in [0.15, 0.2) is 60.9 Å². The number of imidazole rings is 1. The number of benzene rings is 2. The predicted molar refractivity (Wildman–Crippen MR) is 122 cm³/mol. The highest BCUT2D eigenvalue weighted by Gasteiger charge is 2.35. The van der Waals surface area contributed by atoms with Crippen molar-refractivity contribution in [2.24, 2.45) is 0 Å². The molecular weight excluding hydrogens is 404 g/mol. The highest BCUT2D eigenvalue weighted by Crippen LogP contribution is 2.33. The minimum Gasteiger partial charge on any atom is -0.496 e. The fourth-order valence-electron chi connectivity index (χ4n) is 4.30. The maximum Gasteiger partial charge on any atom is 0.254 e. The van der Waals surface area contributed by atoms with Crippen molar-refractivity contribution in [3.8, 4) is 5.75 Å². The molecule has 1 aliphatic heterocycles. The highest BCUT2D eigenvalue weighted by molar-refractivity contribution is 5.96. The van der Waals surface area contributed by atoms with Gasteiger partial charge in [-0.15, -0.1) is 0 Å². The Morgan fingerprint density at radius 1 is 1.09 bits per heavy atom. The average Bonchev–Trinajstić information content (AvgIpc) is 3.22. The standard InChI is InChI=1S/C25H28N4O3/c1-18-26-12-13-27(18)16-20-8-4-5-9-21(20)25(31)29-15-14-28(19(2)30)17-23(29)22-10-6-7-11-24(22)32-3/h4-13,23H,14-17H2,1-3H3/t23-/m1/s1. The van der Waals surface area contributed by atoms with Crippen molar-refractivity contribution in [2.45, 2.75) is 26.4 Å². The number of hydrogen-bond acceptors (Lipinski definition) is 4. The largest absolute Gasteiger partial charge is 0.496 e. The maximum absolute atomic E-state index is 13.9. The van der Waals surface area contributed by atoms with Crippen LogP contribution in [0.5, 0.6) is 5.75 Å². The van der Waals surface area contributed by atoms with Crippen LogP contribution in [-0.2, 0) is 11.3 Å². The lowest BCUT2D eigenvalue weighted by Gasteiger charge is -2.42. The van der Waals surface area contributed by atoms with Crippen LogP contribution in [-0.4, -0.2) is 57.9 Å². The molecular formula is C25H28N4O3. The number of aromatic nitrogens is 2. The van der Waals surface area contributed by atoms with E-state index in [1.54, 1.807) is 25.1 Å². The third kappa shape index (κ3) is 4.23. The van der Waals surface area contributed by atoms with Gasteiger partial charge in [0, 0.05) is 56.6 Å². The van der Waals surface area contributed by atoms with Crippen molar-refractivity contribution in [3.05, 3.63) is 83.4 Å². The number of para-hydroxylation sites is 1. The quantitative estimate of drug-likeness (QED) is 0.621. The summed E-state index contributed by atoms with van der Waals surface area (Å²) in [5.74, 6) is 1.57. The van der Waals surface area contributed by atoms with Gasteiger partial charge in [0.2, 0.25) is 5.91 Å². The van der Waals surface area contributed by atoms with Gasteiger partial charge in [0.25, 0.3) is 5.91 Å². The summed E-state index contributed by atoms with van der Waals surface area (Å²) < 4.78 is 7.61. The molecule has 0 N–H and O–H groups in total. The molecule has 0 spiro atoms. The molecule has 0 aliphatic carbocycles. The molecule has 2 heterocycles. The topological polar surface area (TPSA) is 67.7 Å². The Balaban J connectivity index is 1.70. The molecule has 1 fully saturated rings. The van der Waals surface area contributed by atoms with E-state index in [1.165, 1.54) is 0 Å². The van der Waals surface area contributed by atoms with E-state index < -0.39 is 0 Å². The Morgan fingerprint density at radius 3 is 2.56 bits per heavy atom. The summed E-state index contributed by atoms with van der Waals surface area (Å²) in [7, 11) is 1.62. The molecule has 4 rings (SSSR count). The SMILES string of the molecule is COc1ccccc1[C@H]1CN(C(C)=O)CCN1C(=O)c1ccccc1Cn1ccnc1C. The van der Waals surface area contributed by atoms with Crippen LogP contribution in [0.3, 0.4) is 0 Å². The number of carbonyl (C=O) groups excluding carboxylic acids is 2. The predicted octanol–water partition coefficient (Wildman–Crippen LogP) is 3.29. The second-order valence-corrected chi connectivity index (χ2v) is 7.98. The van der Waals surface area contributed by atoms with E-state index in [4.69, 9.17) is 4.74 Å². The zero-order valence-electron chi connectivity index (χ0n) is 18.7. The zero-order chi connectivity index (χ0) is 22.7. The summed E-state index contributed by atoms with van der Waals surface area (Å²) in [4.78, 5) is 33.9. The highest BCUT2D eigenvalue weighted by atomic mass is 16.5. The third-order valence-electron chi connectivity index (χ3n) is 6.10. The minimum atomic E-state index is -0.292. The molecule has 1 aliphatic rings. The van der Waals surface area contributed by atoms with Gasteiger partial charge >= 0.3 is 0 Å². The van der Waals surface area contributed by atoms with Gasteiger partial charge in [-0.1, -0.05) is 36.4 Å². The van der Waals surface area contributed by atoms with Gasteiger partial charge in [-0.2, -0.15) is 0 Å². The fourth-order valence-corrected chi connectivity index (χ4v) is 4.30. The molecule has 0 bridgehead atoms. The van der Waals surface area contributed by atoms with E-state index in [1.807, 2.05) is 71.1 Å². The molecule has 2 aromatic carbocycles. The molecule has 1 aromatic heterocycles. The van der Waals surface area contributed by atoms with Gasteiger partial charge in [0.05, 0.1) is 13.2 Å². The summed E-state index contributed by atoms with van der Waals surface area (Å²) in [6.07, 6.45) is 3.68. The first-order valence-corrected chi connectivity index (χ1v) is 10.7. The molecule has 1 saturated heterocycles. The van der Waals surface area contributed by atoms with Crippen molar-refractivity contribution in [3.63, 3.8) is 0 Å². The van der Waals surface area contributed by atoms with E-state index >= 15 is 0 Å². The van der Waals surface area contributed by atoms with Gasteiger partial charge in [0.1, 0.15) is 11.6 Å². The second-order valence-electron chi connectivity index (χ2n) is 7.98. The number of piperazine rings is 1. The van der Waals surface area contributed by atoms with E-state index in [-0.39, 0.29) is 17.9 Å². The lowest BCUT2D eigenvalue weighted by molar-refractivity contribution is -0.131. The molecule has 7 nitrogen and oxygen atoms in total. The summed E-state index contributed by atoms with van der Waals surface area (Å²) in [5, 5.41) is 0. The first-order chi connectivity index (χ1) is 15.5. The molecule has 0 unspecified atom stereocenters. The van der Waals surface area contributed by atoms with E-state index in [9.17, 15) is 9.59 Å². The fraction of sp³-hybridized carbons (Fsp3) is 0.320. The number of ether oxygens (including phenoxy) is 1. The first kappa shape index (κ1) is 21.6. The average molecular weight is 433 g/mol. The van der Waals surface area contributed by atoms with E-state index in [2.05, 4.69) is 4.98 Å². The van der Waals surface area contributed by atoms with Crippen molar-refractivity contribution in [1.82, 2.24) is 19.4 Å². The lowest BCUT2D eigenvalue weighted by Crippen LogP contribution is -2.52. The molecule has 0 radical (unpaired) electrons. The van der Waals surface area contributed by atoms with Gasteiger partial charge in [-0.05, 0) is 24.6 Å². The Morgan fingerprint density at radius 2 is 1.84 bits per heavy atom. The van der Waals surface area contributed by atoms with Gasteiger partial charge in [0.15, 0.2) is 0 Å². The third-order valence-corrected chi connectivity index (χ3v) is 6.10. The number of aryl methyl sites for hydroxylation is 1. The minimum absolute atomic E-state index is 0.00739. The summed E-state index contributed by atoms with van der Waals surface area (Å²) in [5.41, 5.74) is 2.50. The normalized spacial score (nSPS) is 16.2. The number of amides is 2. The number of methoxy groups -OCH3 is 1. The Kier molecular flexibility index (Phi) is 6.25. The monoisotopic (exact) mass is 432 g/mol. The van der Waals surface area contributed by atoms with Gasteiger partial charge in [-0.3, -0.25) is 9.59 Å². The van der Waals surface area contributed by atoms with Crippen LogP contribution >= 0.6 is 0 Å². The van der Waals surface area contributed by atoms with Crippen LogP contribution < -0.4 is 4.74 Å². The molecule has 1 atom stereocenters. The van der Waals surface area contributed by atoms with Crippen molar-refractivity contribution in [1.29, 1.82) is 0 Å². The van der Waals surface area contributed by atoms with E-state index in [0.29, 0.717) is 37.5 Å². The zero-order valence-corrected chi connectivity index (χ0v) is 18.7. The maximum atomic E-state index is 13.9. The first-order valence-electron chi connectivity index (χ1n) is 10.7.